The van der Waals surface area contributed by atoms with Gasteiger partial charge in [-0.2, -0.15) is 11.8 Å². The highest BCUT2D eigenvalue weighted by Gasteiger charge is 2.32. The van der Waals surface area contributed by atoms with Crippen LogP contribution >= 0.6 is 11.8 Å². The first-order valence-electron chi connectivity index (χ1n) is 11.2. The van der Waals surface area contributed by atoms with Gasteiger partial charge in [0.15, 0.2) is 0 Å². The number of carbonyl (C=O) groups excluding carboxylic acids is 4. The van der Waals surface area contributed by atoms with Crippen LogP contribution in [-0.2, 0) is 24.8 Å². The predicted octanol–water partition coefficient (Wildman–Crippen LogP) is 1.79. The Kier molecular flexibility index (Phi) is 10.0. The van der Waals surface area contributed by atoms with Crippen molar-refractivity contribution in [3.8, 4) is 11.5 Å². The van der Waals surface area contributed by atoms with Crippen LogP contribution in [0.4, 0.5) is 4.79 Å². The molecule has 198 valence electrons. The zero-order chi connectivity index (χ0) is 27.0. The van der Waals surface area contributed by atoms with Gasteiger partial charge in [0.05, 0.1) is 12.7 Å². The monoisotopic (exact) mass is 523 g/mol. The zero-order valence-electron chi connectivity index (χ0n) is 21.1. The number of methoxy groups -OCH3 is 1. The van der Waals surface area contributed by atoms with Gasteiger partial charge in [-0.3, -0.25) is 9.59 Å². The van der Waals surface area contributed by atoms with E-state index in [2.05, 4.69) is 22.5 Å². The summed E-state index contributed by atoms with van der Waals surface area (Å²) in [4.78, 5) is 51.2. The van der Waals surface area contributed by atoms with Crippen LogP contribution in [0.5, 0.6) is 11.5 Å². The lowest BCUT2D eigenvalue weighted by Crippen LogP contribution is -2.56. The standard InChI is InChI=1S/C24H33N3O8S/c1-7-8-25-20(29)16-12-36-11-14-17(28)9-18(33-6)13(2)19(14)22(31)34-10-15(21(30)26-16)27-23(32)35-24(3,4)5/h7,9,15-16,28H,1,8,10-12H2,2-6H3,(H,25,29)(H,26,30)(H,27,32)/t15-,16+/m0/s1. The molecule has 1 aliphatic heterocycles. The number of amides is 3. The number of ether oxygens (including phenoxy) is 3. The fraction of sp³-hybridized carbons (Fsp3) is 0.500. The lowest BCUT2D eigenvalue weighted by atomic mass is 10.0. The summed E-state index contributed by atoms with van der Waals surface area (Å²) in [5.74, 6) is -1.62. The molecule has 0 unspecified atom stereocenters. The van der Waals surface area contributed by atoms with Crippen molar-refractivity contribution in [2.45, 2.75) is 51.1 Å². The third-order valence-electron chi connectivity index (χ3n) is 5.02. The number of hydrogen-bond acceptors (Lipinski definition) is 9. The molecule has 0 saturated carbocycles. The minimum absolute atomic E-state index is 0.0870. The molecule has 0 spiro atoms. The molecular weight excluding hydrogens is 490 g/mol. The van der Waals surface area contributed by atoms with Gasteiger partial charge in [0.25, 0.3) is 0 Å². The highest BCUT2D eigenvalue weighted by Crippen LogP contribution is 2.35. The molecule has 0 aromatic heterocycles. The summed E-state index contributed by atoms with van der Waals surface area (Å²) in [6.07, 6.45) is 0.600. The van der Waals surface area contributed by atoms with Gasteiger partial charge >= 0.3 is 12.1 Å². The summed E-state index contributed by atoms with van der Waals surface area (Å²) in [6, 6.07) is -0.937. The van der Waals surface area contributed by atoms with Crippen molar-refractivity contribution in [2.24, 2.45) is 0 Å². The quantitative estimate of drug-likeness (QED) is 0.334. The third kappa shape index (κ3) is 7.80. The second-order valence-electron chi connectivity index (χ2n) is 8.98. The van der Waals surface area contributed by atoms with Crippen molar-refractivity contribution in [3.05, 3.63) is 35.4 Å². The zero-order valence-corrected chi connectivity index (χ0v) is 21.9. The molecule has 0 radical (unpaired) electrons. The third-order valence-corrected chi connectivity index (χ3v) is 6.08. The Morgan fingerprint density at radius 1 is 1.36 bits per heavy atom. The lowest BCUT2D eigenvalue weighted by Gasteiger charge is -2.26. The number of esters is 1. The Bertz CT molecular complexity index is 1020. The van der Waals surface area contributed by atoms with Crippen molar-refractivity contribution in [1.82, 2.24) is 16.0 Å². The smallest absolute Gasteiger partial charge is 0.408 e. The Hall–Kier alpha value is -3.41. The molecular formula is C24H33N3O8S. The number of rotatable bonds is 5. The molecule has 12 heteroatoms. The van der Waals surface area contributed by atoms with Gasteiger partial charge in [0, 0.05) is 35.2 Å². The van der Waals surface area contributed by atoms with Gasteiger partial charge in [-0.25, -0.2) is 9.59 Å². The Labute approximate surface area is 214 Å². The van der Waals surface area contributed by atoms with Gasteiger partial charge in [0.1, 0.15) is 35.8 Å². The first-order valence-corrected chi connectivity index (χ1v) is 12.4. The lowest BCUT2D eigenvalue weighted by molar-refractivity contribution is -0.130. The maximum atomic E-state index is 13.1. The van der Waals surface area contributed by atoms with Crippen LogP contribution in [0.15, 0.2) is 18.7 Å². The molecule has 0 fully saturated rings. The van der Waals surface area contributed by atoms with Crippen LogP contribution in [0.2, 0.25) is 0 Å². The van der Waals surface area contributed by atoms with E-state index < -0.39 is 48.2 Å². The van der Waals surface area contributed by atoms with Crippen LogP contribution in [0.25, 0.3) is 0 Å². The minimum atomic E-state index is -1.36. The van der Waals surface area contributed by atoms with Crippen LogP contribution in [-0.4, -0.2) is 72.7 Å². The summed E-state index contributed by atoms with van der Waals surface area (Å²) >= 11 is 1.22. The molecule has 4 N–H and O–H groups in total. The Morgan fingerprint density at radius 3 is 2.67 bits per heavy atom. The van der Waals surface area contributed by atoms with E-state index in [9.17, 15) is 24.3 Å². The number of phenols is 1. The number of benzene rings is 1. The molecule has 2 atom stereocenters. The van der Waals surface area contributed by atoms with Crippen molar-refractivity contribution in [3.63, 3.8) is 0 Å². The molecule has 36 heavy (non-hydrogen) atoms. The summed E-state index contributed by atoms with van der Waals surface area (Å²) in [5, 5.41) is 18.2. The molecule has 11 nitrogen and oxygen atoms in total. The predicted molar refractivity (Wildman–Crippen MR) is 134 cm³/mol. The van der Waals surface area contributed by atoms with E-state index in [1.807, 2.05) is 0 Å². The first kappa shape index (κ1) is 28.8. The van der Waals surface area contributed by atoms with E-state index in [0.717, 1.165) is 0 Å². The van der Waals surface area contributed by atoms with E-state index in [1.54, 1.807) is 27.7 Å². The molecule has 1 heterocycles. The molecule has 0 bridgehead atoms. The summed E-state index contributed by atoms with van der Waals surface area (Å²) in [5.41, 5.74) is -0.00768. The number of thioether (sulfide) groups is 1. The number of aromatic hydroxyl groups is 1. The molecule has 2 rings (SSSR count). The molecule has 0 saturated heterocycles. The van der Waals surface area contributed by atoms with Crippen LogP contribution < -0.4 is 20.7 Å². The number of nitrogens with one attached hydrogen (secondary N) is 3. The molecule has 3 amide bonds. The fourth-order valence-corrected chi connectivity index (χ4v) is 4.41. The summed E-state index contributed by atoms with van der Waals surface area (Å²) in [7, 11) is 1.40. The molecule has 1 aromatic carbocycles. The summed E-state index contributed by atoms with van der Waals surface area (Å²) in [6.45, 7) is 9.82. The van der Waals surface area contributed by atoms with Gasteiger partial charge in [0.2, 0.25) is 11.8 Å². The number of alkyl carbamates (subject to hydrolysis) is 1. The van der Waals surface area contributed by atoms with E-state index in [4.69, 9.17) is 14.2 Å². The first-order chi connectivity index (χ1) is 16.9. The Morgan fingerprint density at radius 2 is 2.06 bits per heavy atom. The average molecular weight is 524 g/mol. The fourth-order valence-electron chi connectivity index (χ4n) is 3.33. The number of carbonyl (C=O) groups is 4. The van der Waals surface area contributed by atoms with Crippen LogP contribution in [0.1, 0.15) is 42.3 Å². The topological polar surface area (TPSA) is 152 Å². The highest BCUT2D eigenvalue weighted by molar-refractivity contribution is 7.98. The molecule has 0 aliphatic carbocycles. The normalized spacial score (nSPS) is 18.8. The number of fused-ring (bicyclic) bond motifs is 1. The number of hydrogen-bond donors (Lipinski definition) is 4. The molecule has 1 aromatic rings. The van der Waals surface area contributed by atoms with Gasteiger partial charge < -0.3 is 35.3 Å². The van der Waals surface area contributed by atoms with Gasteiger partial charge in [-0.15, -0.1) is 6.58 Å². The number of cyclic esters (lactones) is 1. The molecule has 1 aliphatic rings. The Balaban J connectivity index is 2.45. The second kappa shape index (κ2) is 12.5. The SMILES string of the molecule is C=CCNC(=O)[C@H]1CSCc2c(O)cc(OC)c(C)c2C(=O)OC[C@H](NC(=O)OC(C)(C)C)C(=O)N1. The van der Waals surface area contributed by atoms with Crippen LogP contribution in [0.3, 0.4) is 0 Å². The number of phenolic OH excluding ortho intramolecular Hbond substituents is 1. The average Bonchev–Trinajstić information content (AvgIpc) is 2.79. The largest absolute Gasteiger partial charge is 0.507 e. The van der Waals surface area contributed by atoms with Crippen molar-refractivity contribution in [1.29, 1.82) is 0 Å². The minimum Gasteiger partial charge on any atom is -0.507 e. The van der Waals surface area contributed by atoms with Crippen LogP contribution in [0, 0.1) is 6.92 Å². The van der Waals surface area contributed by atoms with E-state index in [0.29, 0.717) is 11.1 Å². The highest BCUT2D eigenvalue weighted by atomic mass is 32.2. The van der Waals surface area contributed by atoms with E-state index >= 15 is 0 Å². The van der Waals surface area contributed by atoms with Gasteiger partial charge in [-0.05, 0) is 27.7 Å². The maximum absolute atomic E-state index is 13.1. The van der Waals surface area contributed by atoms with Crippen molar-refractivity contribution < 1.29 is 38.5 Å². The summed E-state index contributed by atoms with van der Waals surface area (Å²) < 4.78 is 15.9. The van der Waals surface area contributed by atoms with Gasteiger partial charge in [-0.1, -0.05) is 6.08 Å². The maximum Gasteiger partial charge on any atom is 0.408 e. The second-order valence-corrected chi connectivity index (χ2v) is 10.0. The van der Waals surface area contributed by atoms with Crippen molar-refractivity contribution in [2.75, 3.05) is 26.0 Å². The van der Waals surface area contributed by atoms with Crippen molar-refractivity contribution >= 4 is 35.6 Å². The van der Waals surface area contributed by atoms with E-state index in [1.165, 1.54) is 31.0 Å². The van der Waals surface area contributed by atoms with E-state index in [-0.39, 0.29) is 35.1 Å².